The van der Waals surface area contributed by atoms with E-state index in [1.807, 2.05) is 12.5 Å². The van der Waals surface area contributed by atoms with Crippen LogP contribution in [0.1, 0.15) is 50.5 Å². The zero-order chi connectivity index (χ0) is 14.2. The standard InChI is InChI=1S/C15H26N4S/c1-20-15-17-11-12(7-6-10-16)14(19-15)18-13-8-4-2-3-5-9-13/h11,13H,2-10,16H2,1H3,(H,17,18,19). The van der Waals surface area contributed by atoms with Gasteiger partial charge in [-0.05, 0) is 38.5 Å². The number of aromatic nitrogens is 2. The molecule has 1 aliphatic rings. The first kappa shape index (κ1) is 15.6. The predicted molar refractivity (Wildman–Crippen MR) is 86.3 cm³/mol. The quantitative estimate of drug-likeness (QED) is 0.479. The van der Waals surface area contributed by atoms with Gasteiger partial charge in [0.05, 0.1) is 0 Å². The van der Waals surface area contributed by atoms with E-state index < -0.39 is 0 Å². The molecule has 4 nitrogen and oxygen atoms in total. The van der Waals surface area contributed by atoms with E-state index in [0.29, 0.717) is 12.6 Å². The fraction of sp³-hybridized carbons (Fsp3) is 0.733. The zero-order valence-electron chi connectivity index (χ0n) is 12.4. The smallest absolute Gasteiger partial charge is 0.189 e. The van der Waals surface area contributed by atoms with Crippen molar-refractivity contribution < 1.29 is 0 Å². The number of hydrogen-bond acceptors (Lipinski definition) is 5. The second kappa shape index (κ2) is 8.47. The Balaban J connectivity index is 2.09. The van der Waals surface area contributed by atoms with Crippen LogP contribution in [0.3, 0.4) is 0 Å². The molecule has 1 aliphatic carbocycles. The number of nitrogens with two attached hydrogens (primary N) is 1. The zero-order valence-corrected chi connectivity index (χ0v) is 13.2. The molecule has 0 amide bonds. The molecule has 1 aromatic rings. The normalized spacial score (nSPS) is 16.9. The van der Waals surface area contributed by atoms with Gasteiger partial charge < -0.3 is 11.1 Å². The summed E-state index contributed by atoms with van der Waals surface area (Å²) in [6.45, 7) is 0.715. The van der Waals surface area contributed by atoms with Crippen LogP contribution in [-0.4, -0.2) is 28.8 Å². The van der Waals surface area contributed by atoms with Gasteiger partial charge in [-0.3, -0.25) is 0 Å². The van der Waals surface area contributed by atoms with Gasteiger partial charge in [-0.15, -0.1) is 0 Å². The van der Waals surface area contributed by atoms with Gasteiger partial charge in [0.15, 0.2) is 5.16 Å². The Bertz CT molecular complexity index is 403. The number of thioether (sulfide) groups is 1. The highest BCUT2D eigenvalue weighted by Crippen LogP contribution is 2.24. The lowest BCUT2D eigenvalue weighted by Crippen LogP contribution is -2.20. The molecule has 0 bridgehead atoms. The summed E-state index contributed by atoms with van der Waals surface area (Å²) in [6, 6.07) is 0.568. The van der Waals surface area contributed by atoms with Gasteiger partial charge in [0, 0.05) is 17.8 Å². The van der Waals surface area contributed by atoms with Crippen molar-refractivity contribution in [3.63, 3.8) is 0 Å². The number of aryl methyl sites for hydroxylation is 1. The van der Waals surface area contributed by atoms with E-state index in [2.05, 4.69) is 15.3 Å². The summed E-state index contributed by atoms with van der Waals surface area (Å²) in [5.41, 5.74) is 6.83. The minimum Gasteiger partial charge on any atom is -0.367 e. The van der Waals surface area contributed by atoms with Crippen LogP contribution in [0.15, 0.2) is 11.4 Å². The van der Waals surface area contributed by atoms with Crippen LogP contribution in [-0.2, 0) is 6.42 Å². The lowest BCUT2D eigenvalue weighted by atomic mass is 10.1. The molecule has 1 heterocycles. The number of nitrogens with one attached hydrogen (secondary N) is 1. The van der Waals surface area contributed by atoms with E-state index in [1.165, 1.54) is 44.1 Å². The molecule has 5 heteroatoms. The Morgan fingerprint density at radius 3 is 2.70 bits per heavy atom. The molecule has 0 radical (unpaired) electrons. The maximum absolute atomic E-state index is 5.62. The fourth-order valence-electron chi connectivity index (χ4n) is 2.71. The third kappa shape index (κ3) is 4.63. The third-order valence-corrected chi connectivity index (χ3v) is 4.43. The summed E-state index contributed by atoms with van der Waals surface area (Å²) < 4.78 is 0. The summed E-state index contributed by atoms with van der Waals surface area (Å²) in [5.74, 6) is 1.03. The molecule has 1 saturated carbocycles. The van der Waals surface area contributed by atoms with Crippen LogP contribution in [0.5, 0.6) is 0 Å². The number of rotatable bonds is 6. The van der Waals surface area contributed by atoms with Crippen molar-refractivity contribution in [3.05, 3.63) is 11.8 Å². The van der Waals surface area contributed by atoms with Crippen molar-refractivity contribution in [2.24, 2.45) is 5.73 Å². The first-order valence-corrected chi connectivity index (χ1v) is 8.92. The van der Waals surface area contributed by atoms with E-state index in [-0.39, 0.29) is 0 Å². The first-order chi connectivity index (χ1) is 9.83. The van der Waals surface area contributed by atoms with Crippen LogP contribution >= 0.6 is 11.8 Å². The van der Waals surface area contributed by atoms with Crippen LogP contribution in [0, 0.1) is 0 Å². The highest BCUT2D eigenvalue weighted by atomic mass is 32.2. The number of hydrogen-bond donors (Lipinski definition) is 2. The molecular weight excluding hydrogens is 268 g/mol. The second-order valence-corrected chi connectivity index (χ2v) is 6.23. The van der Waals surface area contributed by atoms with Crippen molar-refractivity contribution in [1.29, 1.82) is 0 Å². The Kier molecular flexibility index (Phi) is 6.60. The highest BCUT2D eigenvalue weighted by molar-refractivity contribution is 7.98. The van der Waals surface area contributed by atoms with Crippen LogP contribution in [0.2, 0.25) is 0 Å². The van der Waals surface area contributed by atoms with E-state index in [1.54, 1.807) is 11.8 Å². The molecule has 1 fully saturated rings. The van der Waals surface area contributed by atoms with Crippen LogP contribution in [0.4, 0.5) is 5.82 Å². The van der Waals surface area contributed by atoms with Crippen LogP contribution in [0.25, 0.3) is 0 Å². The average Bonchev–Trinajstić information content (AvgIpc) is 2.74. The predicted octanol–water partition coefficient (Wildman–Crippen LogP) is 3.22. The van der Waals surface area contributed by atoms with Crippen molar-refractivity contribution in [1.82, 2.24) is 9.97 Å². The van der Waals surface area contributed by atoms with Gasteiger partial charge in [0.2, 0.25) is 0 Å². The Hall–Kier alpha value is -0.810. The van der Waals surface area contributed by atoms with Gasteiger partial charge in [-0.25, -0.2) is 9.97 Å². The van der Waals surface area contributed by atoms with Crippen molar-refractivity contribution in [2.45, 2.75) is 62.6 Å². The van der Waals surface area contributed by atoms with Gasteiger partial charge in [-0.1, -0.05) is 37.4 Å². The van der Waals surface area contributed by atoms with Crippen molar-refractivity contribution >= 4 is 17.6 Å². The number of anilines is 1. The van der Waals surface area contributed by atoms with Gasteiger partial charge in [0.25, 0.3) is 0 Å². The van der Waals surface area contributed by atoms with E-state index in [9.17, 15) is 0 Å². The Morgan fingerprint density at radius 2 is 2.05 bits per heavy atom. The minimum absolute atomic E-state index is 0.568. The molecule has 0 unspecified atom stereocenters. The van der Waals surface area contributed by atoms with E-state index >= 15 is 0 Å². The topological polar surface area (TPSA) is 63.8 Å². The summed E-state index contributed by atoms with van der Waals surface area (Å²) in [5, 5.41) is 4.51. The molecule has 0 atom stereocenters. The second-order valence-electron chi connectivity index (χ2n) is 5.46. The molecule has 0 spiro atoms. The Labute approximate surface area is 126 Å². The number of nitrogens with zero attached hydrogens (tertiary/aromatic N) is 2. The maximum Gasteiger partial charge on any atom is 0.189 e. The first-order valence-electron chi connectivity index (χ1n) is 7.70. The SMILES string of the molecule is CSc1ncc(CCCN)c(NC2CCCCCC2)n1. The molecule has 112 valence electrons. The third-order valence-electron chi connectivity index (χ3n) is 3.87. The molecular formula is C15H26N4S. The minimum atomic E-state index is 0.568. The molecule has 0 saturated heterocycles. The maximum atomic E-state index is 5.62. The summed E-state index contributed by atoms with van der Waals surface area (Å²) in [7, 11) is 0. The molecule has 0 aromatic carbocycles. The van der Waals surface area contributed by atoms with Gasteiger partial charge >= 0.3 is 0 Å². The van der Waals surface area contributed by atoms with Crippen LogP contribution < -0.4 is 11.1 Å². The monoisotopic (exact) mass is 294 g/mol. The lowest BCUT2D eigenvalue weighted by molar-refractivity contribution is 0.614. The van der Waals surface area contributed by atoms with Gasteiger partial charge in [-0.2, -0.15) is 0 Å². The fourth-order valence-corrected chi connectivity index (χ4v) is 3.05. The lowest BCUT2D eigenvalue weighted by Gasteiger charge is -2.19. The van der Waals surface area contributed by atoms with Crippen molar-refractivity contribution in [2.75, 3.05) is 18.1 Å². The summed E-state index contributed by atoms with van der Waals surface area (Å²) >= 11 is 1.59. The van der Waals surface area contributed by atoms with Crippen molar-refractivity contribution in [3.8, 4) is 0 Å². The molecule has 3 N–H and O–H groups in total. The highest BCUT2D eigenvalue weighted by Gasteiger charge is 2.15. The molecule has 2 rings (SSSR count). The summed E-state index contributed by atoms with van der Waals surface area (Å²) in [4.78, 5) is 9.06. The Morgan fingerprint density at radius 1 is 1.30 bits per heavy atom. The molecule has 1 aromatic heterocycles. The van der Waals surface area contributed by atoms with E-state index in [0.717, 1.165) is 23.8 Å². The summed E-state index contributed by atoms with van der Waals surface area (Å²) in [6.07, 6.45) is 13.9. The average molecular weight is 294 g/mol. The van der Waals surface area contributed by atoms with E-state index in [4.69, 9.17) is 5.73 Å². The molecule has 20 heavy (non-hydrogen) atoms. The molecule has 0 aliphatic heterocycles. The van der Waals surface area contributed by atoms with Gasteiger partial charge in [0.1, 0.15) is 5.82 Å². The largest absolute Gasteiger partial charge is 0.367 e.